The van der Waals surface area contributed by atoms with E-state index in [9.17, 15) is 8.42 Å². The third kappa shape index (κ3) is 3.31. The summed E-state index contributed by atoms with van der Waals surface area (Å²) in [7, 11) is -4.40. The maximum Gasteiger partial charge on any atom is 0.447 e. The van der Waals surface area contributed by atoms with Crippen molar-refractivity contribution >= 4 is 16.3 Å². The Kier molecular flexibility index (Phi) is 3.27. The molecule has 0 aromatic carbocycles. The Morgan fingerprint density at radius 1 is 1.69 bits per heavy atom. The van der Waals surface area contributed by atoms with Crippen LogP contribution in [-0.2, 0) is 14.6 Å². The smallest absolute Gasteiger partial charge is 0.346 e. The van der Waals surface area contributed by atoms with Crippen LogP contribution in [0.5, 0.6) is 0 Å². The highest BCUT2D eigenvalue weighted by Gasteiger charge is 2.23. The van der Waals surface area contributed by atoms with Crippen LogP contribution in [0.2, 0.25) is 0 Å². The second-order valence-corrected chi connectivity index (χ2v) is 4.00. The van der Waals surface area contributed by atoms with Gasteiger partial charge in [0.1, 0.15) is 0 Å². The highest BCUT2D eigenvalue weighted by Crippen LogP contribution is 2.19. The van der Waals surface area contributed by atoms with Gasteiger partial charge in [0.25, 0.3) is 0 Å². The Hall–Kier alpha value is -0.620. The summed E-state index contributed by atoms with van der Waals surface area (Å²) in [4.78, 5) is 3.92. The zero-order valence-electron chi connectivity index (χ0n) is 7.43. The number of nitrogens with zero attached hydrogens (tertiary/aromatic N) is 1. The predicted octanol–water partition coefficient (Wildman–Crippen LogP) is 1.02. The fourth-order valence-electron chi connectivity index (χ4n) is 1.36. The normalized spacial score (nSPS) is 23.8. The highest BCUT2D eigenvalue weighted by atomic mass is 32.3. The van der Waals surface area contributed by atoms with E-state index in [4.69, 9.17) is 4.55 Å². The topological polar surface area (TPSA) is 76.0 Å². The van der Waals surface area contributed by atoms with Crippen LogP contribution in [-0.4, -0.2) is 25.4 Å². The molecule has 13 heavy (non-hydrogen) atoms. The first-order valence-electron chi connectivity index (χ1n) is 4.24. The van der Waals surface area contributed by atoms with Gasteiger partial charge in [0.15, 0.2) is 0 Å². The Bertz CT molecular complexity index is 296. The number of aliphatic imine (C=N–C) groups is 1. The van der Waals surface area contributed by atoms with E-state index in [-0.39, 0.29) is 11.8 Å². The molecule has 5 nitrogen and oxygen atoms in total. The van der Waals surface area contributed by atoms with E-state index in [0.717, 1.165) is 19.3 Å². The molecule has 6 heteroatoms. The van der Waals surface area contributed by atoms with Crippen LogP contribution in [0.15, 0.2) is 4.99 Å². The molecule has 0 bridgehead atoms. The summed E-state index contributed by atoms with van der Waals surface area (Å²) in [6.45, 7) is 2.50. The second kappa shape index (κ2) is 4.06. The lowest BCUT2D eigenvalue weighted by Gasteiger charge is -2.19. The molecule has 1 aliphatic heterocycles. The Balaban J connectivity index is 2.71. The molecule has 1 rings (SSSR count). The van der Waals surface area contributed by atoms with Crippen molar-refractivity contribution < 1.29 is 17.2 Å². The van der Waals surface area contributed by atoms with E-state index in [0.29, 0.717) is 6.54 Å². The molecule has 0 amide bonds. The molecular formula is C7H13NO4S. The van der Waals surface area contributed by atoms with Crippen LogP contribution in [0.4, 0.5) is 0 Å². The Labute approximate surface area is 77.8 Å². The van der Waals surface area contributed by atoms with Crippen molar-refractivity contribution in [2.75, 3.05) is 6.54 Å². The predicted molar refractivity (Wildman–Crippen MR) is 48.0 cm³/mol. The third-order valence-corrected chi connectivity index (χ3v) is 2.39. The Morgan fingerprint density at radius 3 is 2.92 bits per heavy atom. The van der Waals surface area contributed by atoms with Crippen molar-refractivity contribution in [3.05, 3.63) is 0 Å². The van der Waals surface area contributed by atoms with Crippen LogP contribution in [0.25, 0.3) is 0 Å². The van der Waals surface area contributed by atoms with Crippen LogP contribution < -0.4 is 0 Å². The van der Waals surface area contributed by atoms with Crippen LogP contribution >= 0.6 is 0 Å². The zero-order valence-corrected chi connectivity index (χ0v) is 8.25. The van der Waals surface area contributed by atoms with E-state index in [1.165, 1.54) is 0 Å². The maximum absolute atomic E-state index is 10.4. The average molecular weight is 207 g/mol. The van der Waals surface area contributed by atoms with Crippen LogP contribution in [0.3, 0.4) is 0 Å². The van der Waals surface area contributed by atoms with Crippen molar-refractivity contribution in [1.82, 2.24) is 0 Å². The lowest BCUT2D eigenvalue weighted by atomic mass is 9.98. The molecule has 1 unspecified atom stereocenters. The number of hydrogen-bond acceptors (Lipinski definition) is 4. The van der Waals surface area contributed by atoms with Crippen molar-refractivity contribution in [3.63, 3.8) is 0 Å². The fraction of sp³-hybridized carbons (Fsp3) is 0.857. The van der Waals surface area contributed by atoms with Gasteiger partial charge in [-0.05, 0) is 19.3 Å². The van der Waals surface area contributed by atoms with Crippen molar-refractivity contribution in [3.8, 4) is 0 Å². The molecule has 0 radical (unpaired) electrons. The molecule has 0 spiro atoms. The SMILES string of the molecule is CCC1CCCN=C1OS(=O)(=O)O. The van der Waals surface area contributed by atoms with Gasteiger partial charge in [-0.15, -0.1) is 0 Å². The highest BCUT2D eigenvalue weighted by molar-refractivity contribution is 7.81. The van der Waals surface area contributed by atoms with Gasteiger partial charge >= 0.3 is 10.4 Å². The van der Waals surface area contributed by atoms with Gasteiger partial charge in [0.2, 0.25) is 5.90 Å². The molecular weight excluding hydrogens is 194 g/mol. The summed E-state index contributed by atoms with van der Waals surface area (Å²) in [5.74, 6) is 0.173. The molecule has 1 N–H and O–H groups in total. The molecule has 0 saturated heterocycles. The summed E-state index contributed by atoms with van der Waals surface area (Å²) in [6.07, 6.45) is 2.58. The molecule has 0 saturated carbocycles. The molecule has 1 atom stereocenters. The average Bonchev–Trinajstić information content (AvgIpc) is 2.02. The van der Waals surface area contributed by atoms with Crippen LogP contribution in [0, 0.1) is 5.92 Å². The summed E-state index contributed by atoms with van der Waals surface area (Å²) in [6, 6.07) is 0. The third-order valence-electron chi connectivity index (χ3n) is 2.01. The molecule has 0 aromatic rings. The van der Waals surface area contributed by atoms with E-state index in [1.807, 2.05) is 6.92 Å². The van der Waals surface area contributed by atoms with Gasteiger partial charge in [-0.25, -0.2) is 0 Å². The number of rotatable bonds is 2. The van der Waals surface area contributed by atoms with Gasteiger partial charge in [-0.3, -0.25) is 9.55 Å². The standard InChI is InChI=1S/C7H13NO4S/c1-2-6-4-3-5-8-7(6)12-13(9,10)11/h6H,2-5H2,1H3,(H,9,10,11). The van der Waals surface area contributed by atoms with E-state index >= 15 is 0 Å². The van der Waals surface area contributed by atoms with Crippen LogP contribution in [0.1, 0.15) is 26.2 Å². The molecule has 0 aliphatic carbocycles. The molecule has 0 aromatic heterocycles. The molecule has 1 heterocycles. The van der Waals surface area contributed by atoms with Gasteiger partial charge in [0, 0.05) is 12.5 Å². The summed E-state index contributed by atoms with van der Waals surface area (Å²) in [5.41, 5.74) is 0. The van der Waals surface area contributed by atoms with E-state index in [2.05, 4.69) is 9.18 Å². The van der Waals surface area contributed by atoms with Gasteiger partial charge < -0.3 is 4.18 Å². The molecule has 0 fully saturated rings. The van der Waals surface area contributed by atoms with Crippen molar-refractivity contribution in [1.29, 1.82) is 0 Å². The summed E-state index contributed by atoms with van der Waals surface area (Å²) in [5, 5.41) is 0. The molecule has 76 valence electrons. The quantitative estimate of drug-likeness (QED) is 0.686. The van der Waals surface area contributed by atoms with Crippen molar-refractivity contribution in [2.24, 2.45) is 10.9 Å². The minimum Gasteiger partial charge on any atom is -0.346 e. The summed E-state index contributed by atoms with van der Waals surface area (Å²) < 4.78 is 33.6. The largest absolute Gasteiger partial charge is 0.447 e. The van der Waals surface area contributed by atoms with Gasteiger partial charge in [-0.1, -0.05) is 6.92 Å². The number of hydrogen-bond donors (Lipinski definition) is 1. The second-order valence-electron chi connectivity index (χ2n) is 2.98. The lowest BCUT2D eigenvalue weighted by molar-refractivity contribution is 0.355. The van der Waals surface area contributed by atoms with Crippen molar-refractivity contribution in [2.45, 2.75) is 26.2 Å². The monoisotopic (exact) mass is 207 g/mol. The zero-order chi connectivity index (χ0) is 9.90. The van der Waals surface area contributed by atoms with Gasteiger partial charge in [0.05, 0.1) is 0 Å². The first-order chi connectivity index (χ1) is 6.03. The first-order valence-corrected chi connectivity index (χ1v) is 5.60. The first kappa shape index (κ1) is 10.5. The van der Waals surface area contributed by atoms with Gasteiger partial charge in [-0.2, -0.15) is 8.42 Å². The molecule has 1 aliphatic rings. The Morgan fingerprint density at radius 2 is 2.38 bits per heavy atom. The summed E-state index contributed by atoms with van der Waals surface area (Å²) >= 11 is 0. The fourth-order valence-corrected chi connectivity index (χ4v) is 1.77. The van der Waals surface area contributed by atoms with E-state index < -0.39 is 10.4 Å². The minimum atomic E-state index is -4.40. The minimum absolute atomic E-state index is 0.0238. The lowest BCUT2D eigenvalue weighted by Crippen LogP contribution is -2.24. The van der Waals surface area contributed by atoms with E-state index in [1.54, 1.807) is 0 Å². The maximum atomic E-state index is 10.4.